The average molecular weight is 362 g/mol. The molecule has 1 aromatic heterocycles. The molecule has 0 unspecified atom stereocenters. The van der Waals surface area contributed by atoms with Crippen molar-refractivity contribution < 1.29 is 14.3 Å². The van der Waals surface area contributed by atoms with E-state index >= 15 is 0 Å². The predicted molar refractivity (Wildman–Crippen MR) is 101 cm³/mol. The Balaban J connectivity index is 1.66. The van der Waals surface area contributed by atoms with Crippen molar-refractivity contribution in [3.63, 3.8) is 0 Å². The van der Waals surface area contributed by atoms with E-state index in [-0.39, 0.29) is 5.91 Å². The molecule has 1 aliphatic rings. The summed E-state index contributed by atoms with van der Waals surface area (Å²) in [6.45, 7) is 7.46. The van der Waals surface area contributed by atoms with Crippen LogP contribution in [0.2, 0.25) is 0 Å². The molecule has 0 aromatic carbocycles. The fourth-order valence-electron chi connectivity index (χ4n) is 2.84. The number of ether oxygens (including phenoxy) is 1. The van der Waals surface area contributed by atoms with Crippen LogP contribution in [0.1, 0.15) is 46.5 Å². The van der Waals surface area contributed by atoms with Crippen LogP contribution in [0, 0.1) is 0 Å². The minimum Gasteiger partial charge on any atom is -0.444 e. The van der Waals surface area contributed by atoms with Crippen LogP contribution < -0.4 is 10.6 Å². The number of nitrogens with zero attached hydrogens (tertiary/aromatic N) is 2. The Kier molecular flexibility index (Phi) is 7.24. The normalized spacial score (nSPS) is 17.0. The number of anilines is 1. The second kappa shape index (κ2) is 9.40. The summed E-state index contributed by atoms with van der Waals surface area (Å²) < 4.78 is 5.39. The number of likely N-dealkylation sites (tertiary alicyclic amines) is 1. The molecule has 2 rings (SSSR count). The second-order valence-corrected chi connectivity index (χ2v) is 7.47. The third-order valence-electron chi connectivity index (χ3n) is 4.06. The molecule has 2 heterocycles. The molecule has 1 aromatic rings. The third kappa shape index (κ3) is 6.54. The van der Waals surface area contributed by atoms with Gasteiger partial charge in [0.05, 0.1) is 0 Å². The number of hydrogen-bond donors (Lipinski definition) is 2. The van der Waals surface area contributed by atoms with Gasteiger partial charge in [0.15, 0.2) is 0 Å². The number of hydrogen-bond acceptors (Lipinski definition) is 5. The molecule has 2 N–H and O–H groups in total. The lowest BCUT2D eigenvalue weighted by Gasteiger charge is -2.28. The van der Waals surface area contributed by atoms with Gasteiger partial charge in [0.1, 0.15) is 17.5 Å². The first-order valence-corrected chi connectivity index (χ1v) is 9.29. The van der Waals surface area contributed by atoms with Crippen molar-refractivity contribution in [2.45, 2.75) is 58.1 Å². The number of carbonyl (C=O) groups excluding carboxylic acids is 2. The Labute approximate surface area is 155 Å². The number of rotatable bonds is 7. The van der Waals surface area contributed by atoms with E-state index < -0.39 is 17.7 Å². The zero-order valence-electron chi connectivity index (χ0n) is 16.0. The standard InChI is InChI=1S/C19H30N4O3/c1-19(2,3)26-18(25)23-14-8-9-15(23)17(24)22-13-7-6-12-21-16-10-4-5-11-20-16/h4-5,10-11,15H,6-9,12-14H2,1-3H3,(H,20,21)(H,22,24)/t15-/m0/s1. The molecule has 0 aliphatic carbocycles. The summed E-state index contributed by atoms with van der Waals surface area (Å²) >= 11 is 0. The predicted octanol–water partition coefficient (Wildman–Crippen LogP) is 2.79. The van der Waals surface area contributed by atoms with Gasteiger partial charge in [-0.25, -0.2) is 9.78 Å². The molecule has 26 heavy (non-hydrogen) atoms. The van der Waals surface area contributed by atoms with Crippen molar-refractivity contribution in [3.05, 3.63) is 24.4 Å². The number of carbonyl (C=O) groups is 2. The van der Waals surface area contributed by atoms with Crippen molar-refractivity contribution in [1.82, 2.24) is 15.2 Å². The van der Waals surface area contributed by atoms with Crippen LogP contribution in [-0.4, -0.2) is 53.2 Å². The molecule has 0 radical (unpaired) electrons. The lowest BCUT2D eigenvalue weighted by Crippen LogP contribution is -2.47. The molecule has 7 nitrogen and oxygen atoms in total. The molecule has 1 atom stereocenters. The molecule has 0 saturated carbocycles. The average Bonchev–Trinajstić information content (AvgIpc) is 3.07. The fourth-order valence-corrected chi connectivity index (χ4v) is 2.84. The van der Waals surface area contributed by atoms with Crippen LogP contribution in [0.5, 0.6) is 0 Å². The van der Waals surface area contributed by atoms with E-state index in [9.17, 15) is 9.59 Å². The van der Waals surface area contributed by atoms with Crippen LogP contribution >= 0.6 is 0 Å². The molecule has 144 valence electrons. The topological polar surface area (TPSA) is 83.6 Å². The zero-order valence-corrected chi connectivity index (χ0v) is 16.0. The maximum Gasteiger partial charge on any atom is 0.410 e. The zero-order chi connectivity index (χ0) is 19.0. The van der Waals surface area contributed by atoms with Crippen LogP contribution in [0.15, 0.2) is 24.4 Å². The minimum absolute atomic E-state index is 0.0916. The third-order valence-corrected chi connectivity index (χ3v) is 4.06. The first-order valence-electron chi connectivity index (χ1n) is 9.29. The first-order chi connectivity index (χ1) is 12.4. The summed E-state index contributed by atoms with van der Waals surface area (Å²) in [6.07, 6.45) is 4.65. The highest BCUT2D eigenvalue weighted by atomic mass is 16.6. The Morgan fingerprint density at radius 3 is 2.73 bits per heavy atom. The van der Waals surface area contributed by atoms with E-state index in [1.54, 1.807) is 11.1 Å². The Bertz CT molecular complexity index is 586. The van der Waals surface area contributed by atoms with Gasteiger partial charge in [-0.2, -0.15) is 0 Å². The van der Waals surface area contributed by atoms with Crippen LogP contribution in [0.25, 0.3) is 0 Å². The highest BCUT2D eigenvalue weighted by Gasteiger charge is 2.36. The van der Waals surface area contributed by atoms with Crippen LogP contribution in [0.4, 0.5) is 10.6 Å². The smallest absolute Gasteiger partial charge is 0.410 e. The largest absolute Gasteiger partial charge is 0.444 e. The molecular formula is C19H30N4O3. The highest BCUT2D eigenvalue weighted by molar-refractivity contribution is 5.86. The highest BCUT2D eigenvalue weighted by Crippen LogP contribution is 2.21. The van der Waals surface area contributed by atoms with Gasteiger partial charge in [-0.05, 0) is 58.6 Å². The number of aromatic nitrogens is 1. The lowest BCUT2D eigenvalue weighted by atomic mass is 10.2. The molecule has 1 aliphatic heterocycles. The van der Waals surface area contributed by atoms with E-state index in [1.807, 2.05) is 39.0 Å². The molecule has 7 heteroatoms. The molecule has 0 spiro atoms. The summed E-state index contributed by atoms with van der Waals surface area (Å²) in [5.74, 6) is 0.765. The number of amides is 2. The summed E-state index contributed by atoms with van der Waals surface area (Å²) in [6, 6.07) is 5.32. The van der Waals surface area contributed by atoms with Gasteiger partial charge in [0, 0.05) is 25.8 Å². The van der Waals surface area contributed by atoms with E-state index in [1.165, 1.54) is 0 Å². The van der Waals surface area contributed by atoms with Crippen molar-refractivity contribution in [3.8, 4) is 0 Å². The Hall–Kier alpha value is -2.31. The van der Waals surface area contributed by atoms with Crippen LogP contribution in [-0.2, 0) is 9.53 Å². The SMILES string of the molecule is CC(C)(C)OC(=O)N1CCC[C@H]1C(=O)NCCCCNc1ccccn1. The van der Waals surface area contributed by atoms with Gasteiger partial charge in [-0.15, -0.1) is 0 Å². The van der Waals surface area contributed by atoms with Gasteiger partial charge in [0.2, 0.25) is 5.91 Å². The summed E-state index contributed by atoms with van der Waals surface area (Å²) in [4.78, 5) is 30.4. The summed E-state index contributed by atoms with van der Waals surface area (Å²) in [7, 11) is 0. The molecular weight excluding hydrogens is 332 g/mol. The second-order valence-electron chi connectivity index (χ2n) is 7.47. The van der Waals surface area contributed by atoms with Crippen molar-refractivity contribution in [2.24, 2.45) is 0 Å². The van der Waals surface area contributed by atoms with E-state index in [0.717, 1.165) is 31.6 Å². The first kappa shape index (κ1) is 20.0. The van der Waals surface area contributed by atoms with Gasteiger partial charge in [0.25, 0.3) is 0 Å². The number of pyridine rings is 1. The number of nitrogens with one attached hydrogen (secondary N) is 2. The van der Waals surface area contributed by atoms with E-state index in [0.29, 0.717) is 19.5 Å². The van der Waals surface area contributed by atoms with Gasteiger partial charge in [-0.1, -0.05) is 6.07 Å². The van der Waals surface area contributed by atoms with Crippen molar-refractivity contribution in [2.75, 3.05) is 25.0 Å². The summed E-state index contributed by atoms with van der Waals surface area (Å²) in [5.41, 5.74) is -0.554. The monoisotopic (exact) mass is 362 g/mol. The minimum atomic E-state index is -0.554. The number of unbranched alkanes of at least 4 members (excludes halogenated alkanes) is 1. The molecule has 1 saturated heterocycles. The maximum absolute atomic E-state index is 12.4. The fraction of sp³-hybridized carbons (Fsp3) is 0.632. The maximum atomic E-state index is 12.4. The molecule has 1 fully saturated rings. The van der Waals surface area contributed by atoms with Gasteiger partial charge >= 0.3 is 6.09 Å². The Morgan fingerprint density at radius 1 is 1.27 bits per heavy atom. The van der Waals surface area contributed by atoms with E-state index in [4.69, 9.17) is 4.74 Å². The van der Waals surface area contributed by atoms with E-state index in [2.05, 4.69) is 15.6 Å². The molecule has 0 bridgehead atoms. The Morgan fingerprint density at radius 2 is 2.04 bits per heavy atom. The lowest BCUT2D eigenvalue weighted by molar-refractivity contribution is -0.125. The van der Waals surface area contributed by atoms with Crippen molar-refractivity contribution >= 4 is 17.8 Å². The van der Waals surface area contributed by atoms with Crippen molar-refractivity contribution in [1.29, 1.82) is 0 Å². The van der Waals surface area contributed by atoms with Gasteiger partial charge in [-0.3, -0.25) is 9.69 Å². The summed E-state index contributed by atoms with van der Waals surface area (Å²) in [5, 5.41) is 6.18. The van der Waals surface area contributed by atoms with Crippen LogP contribution in [0.3, 0.4) is 0 Å². The van der Waals surface area contributed by atoms with Gasteiger partial charge < -0.3 is 15.4 Å². The quantitative estimate of drug-likeness (QED) is 0.729. The molecule has 2 amide bonds.